The van der Waals surface area contributed by atoms with Crippen LogP contribution in [0.2, 0.25) is 0 Å². The first-order valence-corrected chi connectivity index (χ1v) is 7.33. The first-order valence-electron chi connectivity index (χ1n) is 7.33. The molecule has 2 heterocycles. The summed E-state index contributed by atoms with van der Waals surface area (Å²) in [6, 6.07) is 7.46. The molecule has 0 radical (unpaired) electrons. The maximum absolute atomic E-state index is 12.6. The van der Waals surface area contributed by atoms with Crippen LogP contribution in [0.5, 0.6) is 5.75 Å². The molecule has 2 aliphatic heterocycles. The quantitative estimate of drug-likeness (QED) is 0.705. The Morgan fingerprint density at radius 3 is 2.95 bits per heavy atom. The van der Waals surface area contributed by atoms with E-state index < -0.39 is 23.5 Å². The van der Waals surface area contributed by atoms with Crippen LogP contribution in [-0.2, 0) is 9.59 Å². The monoisotopic (exact) mass is 286 g/mol. The Balaban J connectivity index is 1.97. The molecule has 0 spiro atoms. The Kier molecular flexibility index (Phi) is 2.41. The minimum atomic E-state index is -1.28. The highest BCUT2D eigenvalue weighted by atomic mass is 16.5. The van der Waals surface area contributed by atoms with Gasteiger partial charge in [0.15, 0.2) is 5.72 Å². The number of rotatable bonds is 1. The molecule has 21 heavy (non-hydrogen) atoms. The van der Waals surface area contributed by atoms with Crippen LogP contribution in [0.4, 0.5) is 0 Å². The average molecular weight is 286 g/mol. The molecule has 4 atom stereocenters. The van der Waals surface area contributed by atoms with Gasteiger partial charge >= 0.3 is 0 Å². The van der Waals surface area contributed by atoms with Gasteiger partial charge in [0.2, 0.25) is 5.91 Å². The first-order chi connectivity index (χ1) is 10.1. The van der Waals surface area contributed by atoms with Gasteiger partial charge in [0, 0.05) is 25.3 Å². The van der Waals surface area contributed by atoms with Crippen molar-refractivity contribution in [1.82, 2.24) is 4.90 Å². The van der Waals surface area contributed by atoms with Crippen LogP contribution in [0.15, 0.2) is 24.3 Å². The van der Waals surface area contributed by atoms with E-state index in [0.29, 0.717) is 5.75 Å². The molecule has 5 heteroatoms. The molecule has 4 rings (SSSR count). The van der Waals surface area contributed by atoms with Crippen molar-refractivity contribution in [2.24, 2.45) is 11.8 Å². The van der Waals surface area contributed by atoms with E-state index in [4.69, 9.17) is 4.74 Å². The number of fused-ring (bicyclic) bond motifs is 2. The summed E-state index contributed by atoms with van der Waals surface area (Å²) in [4.78, 5) is 25.7. The number of carbonyl (C=O) groups is 2. The van der Waals surface area contributed by atoms with Gasteiger partial charge in [-0.25, -0.2) is 0 Å². The maximum Gasteiger partial charge on any atom is 0.234 e. The second kappa shape index (κ2) is 4.00. The summed E-state index contributed by atoms with van der Waals surface area (Å²) in [5.74, 6) is -2.41. The number of piperidine rings is 1. The van der Waals surface area contributed by atoms with Crippen LogP contribution in [-0.4, -0.2) is 29.5 Å². The van der Waals surface area contributed by atoms with E-state index in [1.54, 1.807) is 7.05 Å². The predicted molar refractivity (Wildman–Crippen MR) is 71.2 cm³/mol. The lowest BCUT2D eigenvalue weighted by Gasteiger charge is -2.56. The predicted octanol–water partition coefficient (Wildman–Crippen LogP) is 0.497. The second-order valence-corrected chi connectivity index (χ2v) is 6.20. The highest BCUT2D eigenvalue weighted by Gasteiger charge is 2.63. The third kappa shape index (κ3) is 1.41. The fraction of sp³-hybridized carbons (Fsp3) is 0.500. The molecule has 1 saturated heterocycles. The number of nitrogens with zero attached hydrogens (tertiary/aromatic N) is 1. The number of amides is 1. The summed E-state index contributed by atoms with van der Waals surface area (Å²) in [5, 5.41) is 11.6. The van der Waals surface area contributed by atoms with Gasteiger partial charge in [-0.2, -0.15) is 0 Å². The Morgan fingerprint density at radius 1 is 1.43 bits per heavy atom. The maximum atomic E-state index is 12.6. The topological polar surface area (TPSA) is 69.7 Å². The molecule has 0 unspecified atom stereocenters. The zero-order valence-electron chi connectivity index (χ0n) is 11.7. The van der Waals surface area contributed by atoms with Gasteiger partial charge < -0.3 is 19.5 Å². The lowest BCUT2D eigenvalue weighted by molar-refractivity contribution is -0.314. The normalized spacial score (nSPS) is 36.7. The van der Waals surface area contributed by atoms with Gasteiger partial charge in [0.1, 0.15) is 5.75 Å². The first kappa shape index (κ1) is 12.7. The number of carboxylic acids is 1. The lowest BCUT2D eigenvalue weighted by Crippen LogP contribution is -2.67. The van der Waals surface area contributed by atoms with Gasteiger partial charge in [-0.3, -0.25) is 4.79 Å². The number of ether oxygens (including phenoxy) is 1. The van der Waals surface area contributed by atoms with Crippen molar-refractivity contribution < 1.29 is 19.4 Å². The van der Waals surface area contributed by atoms with Crippen LogP contribution < -0.4 is 9.84 Å². The highest BCUT2D eigenvalue weighted by Crippen LogP contribution is 2.59. The average Bonchev–Trinajstić information content (AvgIpc) is 2.89. The third-order valence-electron chi connectivity index (χ3n) is 5.41. The molecule has 1 aromatic carbocycles. The minimum Gasteiger partial charge on any atom is -0.549 e. The van der Waals surface area contributed by atoms with Crippen LogP contribution >= 0.6 is 0 Å². The summed E-state index contributed by atoms with van der Waals surface area (Å²) in [6.45, 7) is 0. The Morgan fingerprint density at radius 2 is 2.19 bits per heavy atom. The van der Waals surface area contributed by atoms with Gasteiger partial charge in [-0.1, -0.05) is 18.2 Å². The van der Waals surface area contributed by atoms with Crippen molar-refractivity contribution in [1.29, 1.82) is 0 Å². The van der Waals surface area contributed by atoms with Crippen LogP contribution in [0.1, 0.15) is 30.7 Å². The van der Waals surface area contributed by atoms with Gasteiger partial charge in [0.25, 0.3) is 0 Å². The summed E-state index contributed by atoms with van der Waals surface area (Å²) < 4.78 is 6.22. The molecule has 110 valence electrons. The van der Waals surface area contributed by atoms with Crippen molar-refractivity contribution >= 4 is 11.9 Å². The summed E-state index contributed by atoms with van der Waals surface area (Å²) in [6.07, 6.45) is 2.57. The molecule has 3 aliphatic rings. The Hall–Kier alpha value is -2.04. The third-order valence-corrected chi connectivity index (χ3v) is 5.41. The fourth-order valence-electron chi connectivity index (χ4n) is 4.52. The van der Waals surface area contributed by atoms with E-state index in [0.717, 1.165) is 24.8 Å². The number of likely N-dealkylation sites (tertiary alicyclic amines) is 1. The van der Waals surface area contributed by atoms with Crippen molar-refractivity contribution in [2.45, 2.75) is 30.9 Å². The second-order valence-electron chi connectivity index (χ2n) is 6.20. The van der Waals surface area contributed by atoms with Crippen molar-refractivity contribution in [2.75, 3.05) is 7.05 Å². The van der Waals surface area contributed by atoms with E-state index in [9.17, 15) is 14.7 Å². The molecule has 2 fully saturated rings. The van der Waals surface area contributed by atoms with E-state index in [1.807, 2.05) is 24.3 Å². The Bertz CT molecular complexity index is 643. The number of aliphatic carboxylic acids is 1. The van der Waals surface area contributed by atoms with E-state index >= 15 is 0 Å². The minimum absolute atomic E-state index is 0.0259. The number of carbonyl (C=O) groups excluding carboxylic acids is 2. The zero-order valence-corrected chi connectivity index (χ0v) is 11.7. The number of carboxylic acid groups (broad SMARTS) is 1. The standard InChI is InChI=1S/C16H17NO4/c1-17-14(18)13(15(19)20)12-9-5-2-3-7-11(9)21-16(17)8-4-6-10(12)16/h2-3,5,7,10,12-13H,4,6,8H2,1H3,(H,19,20)/p-1/t10-,12-,13+,16+/m1/s1. The molecular formula is C16H16NO4-. The highest BCUT2D eigenvalue weighted by molar-refractivity contribution is 5.98. The van der Waals surface area contributed by atoms with Crippen molar-refractivity contribution in [3.63, 3.8) is 0 Å². The fourth-order valence-corrected chi connectivity index (χ4v) is 4.52. The molecule has 1 aliphatic carbocycles. The number of para-hydroxylation sites is 1. The Labute approximate surface area is 122 Å². The zero-order chi connectivity index (χ0) is 14.8. The largest absolute Gasteiger partial charge is 0.549 e. The lowest BCUT2D eigenvalue weighted by atomic mass is 9.67. The van der Waals surface area contributed by atoms with Crippen LogP contribution in [0.25, 0.3) is 0 Å². The van der Waals surface area contributed by atoms with Gasteiger partial charge in [0.05, 0.1) is 11.9 Å². The summed E-state index contributed by atoms with van der Waals surface area (Å²) in [5.41, 5.74) is 0.151. The molecule has 1 saturated carbocycles. The van der Waals surface area contributed by atoms with Gasteiger partial charge in [-0.15, -0.1) is 0 Å². The summed E-state index contributed by atoms with van der Waals surface area (Å²) >= 11 is 0. The number of hydrogen-bond acceptors (Lipinski definition) is 4. The van der Waals surface area contributed by atoms with Crippen molar-refractivity contribution in [3.05, 3.63) is 29.8 Å². The molecule has 5 nitrogen and oxygen atoms in total. The van der Waals surface area contributed by atoms with Crippen LogP contribution in [0, 0.1) is 11.8 Å². The molecule has 0 N–H and O–H groups in total. The molecular weight excluding hydrogens is 270 g/mol. The molecule has 1 amide bonds. The van der Waals surface area contributed by atoms with E-state index in [2.05, 4.69) is 0 Å². The van der Waals surface area contributed by atoms with E-state index in [1.165, 1.54) is 4.90 Å². The SMILES string of the molecule is CN1C(=O)[C@@H](C(=O)[O-])[C@@H]2c3ccccc3O[C@]13CCC[C@H]23. The molecule has 1 aromatic rings. The van der Waals surface area contributed by atoms with Crippen molar-refractivity contribution in [3.8, 4) is 5.75 Å². The summed E-state index contributed by atoms with van der Waals surface area (Å²) in [7, 11) is 1.65. The smallest absolute Gasteiger partial charge is 0.234 e. The number of benzene rings is 1. The molecule has 2 bridgehead atoms. The van der Waals surface area contributed by atoms with Gasteiger partial charge in [-0.05, 0) is 24.5 Å². The molecule has 0 aromatic heterocycles. The number of hydrogen-bond donors (Lipinski definition) is 0. The van der Waals surface area contributed by atoms with E-state index in [-0.39, 0.29) is 11.8 Å². The van der Waals surface area contributed by atoms with Crippen LogP contribution in [0.3, 0.4) is 0 Å².